The lowest BCUT2D eigenvalue weighted by atomic mass is 10.1. The molecule has 0 saturated carbocycles. The summed E-state index contributed by atoms with van der Waals surface area (Å²) in [6.07, 6.45) is 1.61. The highest BCUT2D eigenvalue weighted by molar-refractivity contribution is 5.94. The number of hydrogen-bond donors (Lipinski definition) is 1. The molecule has 0 spiro atoms. The van der Waals surface area contributed by atoms with Gasteiger partial charge in [0, 0.05) is 18.3 Å². The number of aromatic nitrogens is 1. The first-order valence-corrected chi connectivity index (χ1v) is 8.10. The molecule has 3 aromatic rings. The lowest BCUT2D eigenvalue weighted by Gasteiger charge is -2.07. The molecule has 0 fully saturated rings. The smallest absolute Gasteiger partial charge is 0.253 e. The van der Waals surface area contributed by atoms with Crippen LogP contribution in [0.4, 0.5) is 0 Å². The zero-order valence-corrected chi connectivity index (χ0v) is 14.3. The Hall–Kier alpha value is -3.14. The summed E-state index contributed by atoms with van der Waals surface area (Å²) in [6.45, 7) is 2.49. The van der Waals surface area contributed by atoms with Gasteiger partial charge in [0.15, 0.2) is 0 Å². The lowest BCUT2D eigenvalue weighted by molar-refractivity contribution is 0.0950. The molecule has 1 amide bonds. The van der Waals surface area contributed by atoms with Crippen molar-refractivity contribution in [2.45, 2.75) is 13.5 Å². The molecule has 4 nitrogen and oxygen atoms in total. The number of hydrogen-bond acceptors (Lipinski definition) is 3. The van der Waals surface area contributed by atoms with E-state index >= 15 is 0 Å². The number of amides is 1. The first kappa shape index (κ1) is 16.7. The number of carbonyl (C=O) groups is 1. The molecule has 1 aromatic heterocycles. The maximum atomic E-state index is 12.3. The predicted molar refractivity (Wildman–Crippen MR) is 98.6 cm³/mol. The van der Waals surface area contributed by atoms with Gasteiger partial charge in [-0.2, -0.15) is 0 Å². The molecular weight excluding hydrogens is 312 g/mol. The second kappa shape index (κ2) is 7.62. The summed E-state index contributed by atoms with van der Waals surface area (Å²) in [4.78, 5) is 16.7. The van der Waals surface area contributed by atoms with Gasteiger partial charge in [0.25, 0.3) is 5.91 Å². The summed E-state index contributed by atoms with van der Waals surface area (Å²) in [5.74, 6) is 0.627. The number of benzene rings is 2. The molecule has 126 valence electrons. The third kappa shape index (κ3) is 4.23. The van der Waals surface area contributed by atoms with Crippen molar-refractivity contribution in [1.82, 2.24) is 10.3 Å². The number of aryl methyl sites for hydroxylation is 1. The van der Waals surface area contributed by atoms with Crippen molar-refractivity contribution in [3.05, 3.63) is 83.6 Å². The summed E-state index contributed by atoms with van der Waals surface area (Å²) in [5, 5.41) is 2.90. The van der Waals surface area contributed by atoms with Crippen molar-refractivity contribution in [2.24, 2.45) is 0 Å². The molecule has 3 rings (SSSR count). The van der Waals surface area contributed by atoms with Crippen LogP contribution in [0.5, 0.6) is 5.75 Å². The minimum atomic E-state index is -0.147. The van der Waals surface area contributed by atoms with Crippen molar-refractivity contribution < 1.29 is 9.53 Å². The molecule has 0 saturated heterocycles. The summed E-state index contributed by atoms with van der Waals surface area (Å²) in [5.41, 5.74) is 4.62. The summed E-state index contributed by atoms with van der Waals surface area (Å²) < 4.78 is 5.19. The zero-order chi connectivity index (χ0) is 17.6. The highest BCUT2D eigenvalue weighted by Crippen LogP contribution is 2.18. The van der Waals surface area contributed by atoms with Gasteiger partial charge >= 0.3 is 0 Å². The van der Waals surface area contributed by atoms with Gasteiger partial charge in [0.2, 0.25) is 0 Å². The highest BCUT2D eigenvalue weighted by Gasteiger charge is 2.07. The third-order valence-corrected chi connectivity index (χ3v) is 3.96. The van der Waals surface area contributed by atoms with Gasteiger partial charge in [0.05, 0.1) is 18.4 Å². The van der Waals surface area contributed by atoms with E-state index < -0.39 is 0 Å². The van der Waals surface area contributed by atoms with E-state index in [9.17, 15) is 4.79 Å². The quantitative estimate of drug-likeness (QED) is 0.768. The van der Waals surface area contributed by atoms with Gasteiger partial charge in [-0.1, -0.05) is 42.0 Å². The topological polar surface area (TPSA) is 51.2 Å². The first-order chi connectivity index (χ1) is 12.2. The van der Waals surface area contributed by atoms with E-state index in [0.717, 1.165) is 22.6 Å². The van der Waals surface area contributed by atoms with E-state index in [2.05, 4.69) is 10.3 Å². The Morgan fingerprint density at radius 1 is 1.08 bits per heavy atom. The van der Waals surface area contributed by atoms with Crippen LogP contribution in [-0.4, -0.2) is 18.0 Å². The minimum Gasteiger partial charge on any atom is -0.497 e. The Bertz CT molecular complexity index is 856. The SMILES string of the molecule is COc1cccc(CNC(=O)c2ccc(-c3ccc(C)cc3)nc2)c1. The number of carbonyl (C=O) groups excluding carboxylic acids is 1. The van der Waals surface area contributed by atoms with Gasteiger partial charge in [-0.15, -0.1) is 0 Å². The van der Waals surface area contributed by atoms with Crippen molar-refractivity contribution in [2.75, 3.05) is 7.11 Å². The monoisotopic (exact) mass is 332 g/mol. The van der Waals surface area contributed by atoms with Crippen LogP contribution < -0.4 is 10.1 Å². The Balaban J connectivity index is 1.65. The molecule has 0 atom stereocenters. The fourth-order valence-corrected chi connectivity index (χ4v) is 2.49. The average Bonchev–Trinajstić information content (AvgIpc) is 2.67. The van der Waals surface area contributed by atoms with Crippen LogP contribution in [-0.2, 0) is 6.54 Å². The van der Waals surface area contributed by atoms with E-state index in [0.29, 0.717) is 12.1 Å². The van der Waals surface area contributed by atoms with Gasteiger partial charge in [0.1, 0.15) is 5.75 Å². The molecule has 1 heterocycles. The van der Waals surface area contributed by atoms with E-state index in [1.807, 2.05) is 61.5 Å². The van der Waals surface area contributed by atoms with Crippen LogP contribution in [0.3, 0.4) is 0 Å². The average molecular weight is 332 g/mol. The van der Waals surface area contributed by atoms with Gasteiger partial charge in [-0.3, -0.25) is 9.78 Å². The van der Waals surface area contributed by atoms with E-state index in [1.165, 1.54) is 5.56 Å². The fourth-order valence-electron chi connectivity index (χ4n) is 2.49. The second-order valence-electron chi connectivity index (χ2n) is 5.83. The zero-order valence-electron chi connectivity index (χ0n) is 14.3. The molecule has 0 unspecified atom stereocenters. The molecule has 1 N–H and O–H groups in total. The minimum absolute atomic E-state index is 0.147. The molecule has 0 bridgehead atoms. The second-order valence-corrected chi connectivity index (χ2v) is 5.83. The lowest BCUT2D eigenvalue weighted by Crippen LogP contribution is -2.22. The fraction of sp³-hybridized carbons (Fsp3) is 0.143. The Morgan fingerprint density at radius 3 is 2.56 bits per heavy atom. The highest BCUT2D eigenvalue weighted by atomic mass is 16.5. The van der Waals surface area contributed by atoms with Gasteiger partial charge in [-0.25, -0.2) is 0 Å². The molecule has 4 heteroatoms. The number of pyridine rings is 1. The molecule has 0 aliphatic carbocycles. The van der Waals surface area contributed by atoms with Crippen molar-refractivity contribution >= 4 is 5.91 Å². The summed E-state index contributed by atoms with van der Waals surface area (Å²) >= 11 is 0. The van der Waals surface area contributed by atoms with Crippen LogP contribution in [0.1, 0.15) is 21.5 Å². The number of ether oxygens (including phenoxy) is 1. The van der Waals surface area contributed by atoms with Crippen LogP contribution in [0, 0.1) is 6.92 Å². The molecule has 0 radical (unpaired) electrons. The van der Waals surface area contributed by atoms with E-state index in [1.54, 1.807) is 19.4 Å². The Kier molecular flexibility index (Phi) is 5.09. The Morgan fingerprint density at radius 2 is 1.88 bits per heavy atom. The van der Waals surface area contributed by atoms with Crippen LogP contribution in [0.25, 0.3) is 11.3 Å². The Labute approximate surface area is 147 Å². The number of rotatable bonds is 5. The standard InChI is InChI=1S/C21H20N2O2/c1-15-6-8-17(9-7-15)20-11-10-18(14-22-20)21(24)23-13-16-4-3-5-19(12-16)25-2/h3-12,14H,13H2,1-2H3,(H,23,24). The van der Waals surface area contributed by atoms with Crippen LogP contribution in [0.2, 0.25) is 0 Å². The van der Waals surface area contributed by atoms with Crippen molar-refractivity contribution in [3.63, 3.8) is 0 Å². The van der Waals surface area contributed by atoms with Gasteiger partial charge in [-0.05, 0) is 36.8 Å². The largest absolute Gasteiger partial charge is 0.497 e. The third-order valence-electron chi connectivity index (χ3n) is 3.96. The van der Waals surface area contributed by atoms with Crippen LogP contribution >= 0.6 is 0 Å². The molecule has 0 aliphatic rings. The summed E-state index contributed by atoms with van der Waals surface area (Å²) in [6, 6.07) is 19.4. The summed E-state index contributed by atoms with van der Waals surface area (Å²) in [7, 11) is 1.62. The maximum absolute atomic E-state index is 12.3. The van der Waals surface area contributed by atoms with Crippen molar-refractivity contribution in [1.29, 1.82) is 0 Å². The molecule has 2 aromatic carbocycles. The molecule has 25 heavy (non-hydrogen) atoms. The predicted octanol–water partition coefficient (Wildman–Crippen LogP) is 4.00. The normalized spacial score (nSPS) is 10.3. The molecule has 0 aliphatic heterocycles. The maximum Gasteiger partial charge on any atom is 0.253 e. The number of methoxy groups -OCH3 is 1. The van der Waals surface area contributed by atoms with Crippen molar-refractivity contribution in [3.8, 4) is 17.0 Å². The first-order valence-electron chi connectivity index (χ1n) is 8.10. The van der Waals surface area contributed by atoms with Crippen LogP contribution in [0.15, 0.2) is 66.9 Å². The van der Waals surface area contributed by atoms with E-state index in [-0.39, 0.29) is 5.91 Å². The number of nitrogens with one attached hydrogen (secondary N) is 1. The van der Waals surface area contributed by atoms with Gasteiger partial charge < -0.3 is 10.1 Å². The number of nitrogens with zero attached hydrogens (tertiary/aromatic N) is 1. The van der Waals surface area contributed by atoms with E-state index in [4.69, 9.17) is 4.74 Å². The molecular formula is C21H20N2O2.